The second-order valence-electron chi connectivity index (χ2n) is 13.4. The van der Waals surface area contributed by atoms with E-state index in [1.54, 1.807) is 11.3 Å². The van der Waals surface area contributed by atoms with Crippen molar-refractivity contribution in [3.8, 4) is 0 Å². The first-order valence-electron chi connectivity index (χ1n) is 18.1. The van der Waals surface area contributed by atoms with Crippen LogP contribution in [0.25, 0.3) is 0 Å². The minimum Gasteiger partial charge on any atom is -0.481 e. The third kappa shape index (κ3) is 12.2. The molecule has 10 heteroatoms. The molecule has 1 aromatic rings. The lowest BCUT2D eigenvalue weighted by Crippen LogP contribution is -2.31. The number of carboxylic acid groups (broad SMARTS) is 1. The zero-order valence-corrected chi connectivity index (χ0v) is 29.6. The minimum atomic E-state index is -0.752. The van der Waals surface area contributed by atoms with Crippen LogP contribution in [0.1, 0.15) is 106 Å². The highest BCUT2D eigenvalue weighted by atomic mass is 35.5. The molecule has 4 heterocycles. The lowest BCUT2D eigenvalue weighted by molar-refractivity contribution is -0.203. The van der Waals surface area contributed by atoms with Gasteiger partial charge in [0, 0.05) is 48.3 Å². The Morgan fingerprint density at radius 1 is 0.979 bits per heavy atom. The van der Waals surface area contributed by atoms with Gasteiger partial charge in [-0.15, -0.1) is 11.3 Å². The van der Waals surface area contributed by atoms with Crippen LogP contribution in [0.15, 0.2) is 30.4 Å². The average molecular weight is 695 g/mol. The van der Waals surface area contributed by atoms with Gasteiger partial charge in [0.25, 0.3) is 0 Å². The van der Waals surface area contributed by atoms with E-state index < -0.39 is 5.97 Å². The molecule has 47 heavy (non-hydrogen) atoms. The maximum Gasteiger partial charge on any atom is 0.303 e. The molecule has 1 aliphatic carbocycles. The normalized spacial score (nSPS) is 31.1. The summed E-state index contributed by atoms with van der Waals surface area (Å²) in [6.45, 7) is 4.28. The maximum absolute atomic E-state index is 11.0. The third-order valence-electron chi connectivity index (χ3n) is 9.73. The van der Waals surface area contributed by atoms with Crippen LogP contribution in [0.3, 0.4) is 0 Å². The first-order valence-corrected chi connectivity index (χ1v) is 19.2. The molecule has 264 valence electrons. The van der Waals surface area contributed by atoms with Gasteiger partial charge < -0.3 is 33.5 Å². The molecule has 0 radical (unpaired) electrons. The van der Waals surface area contributed by atoms with Gasteiger partial charge in [-0.3, -0.25) is 4.79 Å². The SMILES string of the molecule is Cc1sc(CCC(/C=C/[C@@H]2[C@@H](C/C=C\CCCC(=O)O)[C@@H](OC3CCCCO3)C[C@H]2OC2CCCCO2)O[C@H]2CCCCO2)cc1Cl. The van der Waals surface area contributed by atoms with Crippen LogP contribution in [0, 0.1) is 18.8 Å². The Labute approximate surface area is 290 Å². The highest BCUT2D eigenvalue weighted by molar-refractivity contribution is 7.12. The summed E-state index contributed by atoms with van der Waals surface area (Å²) in [4.78, 5) is 13.4. The molecule has 8 atom stereocenters. The number of ether oxygens (including phenoxy) is 6. The molecule has 1 saturated carbocycles. The van der Waals surface area contributed by atoms with Crippen LogP contribution in [0.2, 0.25) is 5.02 Å². The Kier molecular flexibility index (Phi) is 15.6. The molecule has 3 unspecified atom stereocenters. The van der Waals surface area contributed by atoms with Crippen molar-refractivity contribution in [1.29, 1.82) is 0 Å². The van der Waals surface area contributed by atoms with E-state index in [1.165, 1.54) is 4.88 Å². The summed E-state index contributed by atoms with van der Waals surface area (Å²) in [7, 11) is 0. The fourth-order valence-electron chi connectivity index (χ4n) is 7.13. The second-order valence-corrected chi connectivity index (χ2v) is 15.2. The van der Waals surface area contributed by atoms with Crippen molar-refractivity contribution in [2.24, 2.45) is 11.8 Å². The van der Waals surface area contributed by atoms with Gasteiger partial charge in [0.05, 0.1) is 23.3 Å². The van der Waals surface area contributed by atoms with Gasteiger partial charge in [-0.05, 0) is 109 Å². The summed E-state index contributed by atoms with van der Waals surface area (Å²) in [6, 6.07) is 2.08. The van der Waals surface area contributed by atoms with Gasteiger partial charge in [0.15, 0.2) is 18.9 Å². The zero-order chi connectivity index (χ0) is 32.8. The van der Waals surface area contributed by atoms with E-state index in [0.29, 0.717) is 6.42 Å². The maximum atomic E-state index is 11.0. The standard InChI is InChI=1S/C37H55ClO8S/c1-26-31(38)24-28(47-26)19-17-27(44-35-14-6-9-21-41-35)18-20-30-29(12-4-2-3-5-13-34(39)40)32(45-36-15-7-10-22-42-36)25-33(30)46-37-16-8-11-23-43-37/h2,4,18,20,24,27,29-30,32-33,35-37H,3,5-17,19,21-23,25H2,1H3,(H,39,40)/b4-2-,20-18+/t27?,29-,30-,32+,33-,35+,36?,37?/m1/s1. The van der Waals surface area contributed by atoms with Gasteiger partial charge in [0.2, 0.25) is 0 Å². The molecule has 4 fully saturated rings. The number of halogens is 1. The number of carbonyl (C=O) groups is 1. The Morgan fingerprint density at radius 3 is 2.23 bits per heavy atom. The zero-order valence-electron chi connectivity index (χ0n) is 28.0. The fourth-order valence-corrected chi connectivity index (χ4v) is 8.39. The van der Waals surface area contributed by atoms with Crippen LogP contribution in [0.4, 0.5) is 0 Å². The summed E-state index contributed by atoms with van der Waals surface area (Å²) in [5, 5.41) is 9.88. The number of aryl methyl sites for hydroxylation is 2. The highest BCUT2D eigenvalue weighted by Crippen LogP contribution is 2.42. The topological polar surface area (TPSA) is 92.7 Å². The van der Waals surface area contributed by atoms with E-state index in [-0.39, 0.29) is 55.4 Å². The summed E-state index contributed by atoms with van der Waals surface area (Å²) in [6.07, 6.45) is 22.3. The van der Waals surface area contributed by atoms with Gasteiger partial charge in [-0.25, -0.2) is 0 Å². The lowest BCUT2D eigenvalue weighted by Gasteiger charge is -2.30. The van der Waals surface area contributed by atoms with E-state index in [0.717, 1.165) is 120 Å². The lowest BCUT2D eigenvalue weighted by atomic mass is 9.89. The smallest absolute Gasteiger partial charge is 0.303 e. The number of hydrogen-bond donors (Lipinski definition) is 1. The van der Waals surface area contributed by atoms with Gasteiger partial charge in [-0.2, -0.15) is 0 Å². The van der Waals surface area contributed by atoms with Crippen molar-refractivity contribution in [3.05, 3.63) is 45.1 Å². The van der Waals surface area contributed by atoms with Crippen molar-refractivity contribution in [2.75, 3.05) is 19.8 Å². The predicted molar refractivity (Wildman–Crippen MR) is 184 cm³/mol. The van der Waals surface area contributed by atoms with Crippen LogP contribution < -0.4 is 0 Å². The first kappa shape index (κ1) is 37.0. The number of rotatable bonds is 17. The molecule has 3 aliphatic heterocycles. The number of unbranched alkanes of at least 4 members (excludes halogenated alkanes) is 1. The molecule has 8 nitrogen and oxygen atoms in total. The molecule has 0 aromatic carbocycles. The highest BCUT2D eigenvalue weighted by Gasteiger charge is 2.45. The third-order valence-corrected chi connectivity index (χ3v) is 11.3. The summed E-state index contributed by atoms with van der Waals surface area (Å²) < 4.78 is 38.2. The van der Waals surface area contributed by atoms with Crippen molar-refractivity contribution in [2.45, 2.75) is 147 Å². The van der Waals surface area contributed by atoms with Gasteiger partial charge >= 0.3 is 5.97 Å². The fraction of sp³-hybridized carbons (Fsp3) is 0.757. The molecular formula is C37H55ClO8S. The first-order chi connectivity index (χ1) is 22.9. The van der Waals surface area contributed by atoms with Crippen LogP contribution in [0.5, 0.6) is 0 Å². The molecular weight excluding hydrogens is 640 g/mol. The molecule has 0 amide bonds. The summed E-state index contributed by atoms with van der Waals surface area (Å²) >= 11 is 8.15. The Morgan fingerprint density at radius 2 is 1.64 bits per heavy atom. The molecule has 5 rings (SSSR count). The molecule has 0 spiro atoms. The minimum absolute atomic E-state index is 0.0257. The van der Waals surface area contributed by atoms with E-state index in [2.05, 4.69) is 37.3 Å². The number of hydrogen-bond acceptors (Lipinski definition) is 8. The number of aliphatic carboxylic acids is 1. The van der Waals surface area contributed by atoms with Crippen LogP contribution >= 0.6 is 22.9 Å². The average Bonchev–Trinajstić information content (AvgIpc) is 3.57. The number of carboxylic acids is 1. The van der Waals surface area contributed by atoms with E-state index >= 15 is 0 Å². The monoisotopic (exact) mass is 694 g/mol. The van der Waals surface area contributed by atoms with E-state index in [4.69, 9.17) is 45.1 Å². The van der Waals surface area contributed by atoms with Crippen molar-refractivity contribution >= 4 is 28.9 Å². The Bertz CT molecular complexity index is 1100. The quantitative estimate of drug-likeness (QED) is 0.128. The second kappa shape index (κ2) is 19.8. The van der Waals surface area contributed by atoms with Crippen LogP contribution in [-0.2, 0) is 39.6 Å². The van der Waals surface area contributed by atoms with Gasteiger partial charge in [-0.1, -0.05) is 35.9 Å². The number of allylic oxidation sites excluding steroid dienone is 2. The molecule has 0 bridgehead atoms. The van der Waals surface area contributed by atoms with E-state index in [1.807, 2.05) is 0 Å². The van der Waals surface area contributed by atoms with Crippen molar-refractivity contribution < 1.29 is 38.3 Å². The Hall–Kier alpha value is -1.30. The largest absolute Gasteiger partial charge is 0.481 e. The summed E-state index contributed by atoms with van der Waals surface area (Å²) in [5.41, 5.74) is 0. The number of thiophene rings is 1. The van der Waals surface area contributed by atoms with Crippen molar-refractivity contribution in [3.63, 3.8) is 0 Å². The van der Waals surface area contributed by atoms with Crippen LogP contribution in [-0.4, -0.2) is 68.1 Å². The molecule has 1 N–H and O–H groups in total. The van der Waals surface area contributed by atoms with Gasteiger partial charge in [0.1, 0.15) is 0 Å². The van der Waals surface area contributed by atoms with Crippen molar-refractivity contribution in [1.82, 2.24) is 0 Å². The molecule has 3 saturated heterocycles. The predicted octanol–water partition coefficient (Wildman–Crippen LogP) is 8.77. The molecule has 4 aliphatic rings. The Balaban J connectivity index is 1.35. The summed E-state index contributed by atoms with van der Waals surface area (Å²) in [5.74, 6) is -0.487. The van der Waals surface area contributed by atoms with E-state index in [9.17, 15) is 4.79 Å². The molecule has 1 aromatic heterocycles.